The highest BCUT2D eigenvalue weighted by atomic mass is 35.5. The second-order valence-corrected chi connectivity index (χ2v) is 6.16. The van der Waals surface area contributed by atoms with Crippen LogP contribution in [0, 0.1) is 0 Å². The quantitative estimate of drug-likeness (QED) is 0.929. The molecule has 0 aliphatic carbocycles. The average Bonchev–Trinajstić information content (AvgIpc) is 2.47. The van der Waals surface area contributed by atoms with Gasteiger partial charge >= 0.3 is 0 Å². The van der Waals surface area contributed by atoms with E-state index in [1.54, 1.807) is 25.3 Å². The molecule has 1 saturated heterocycles. The van der Waals surface area contributed by atoms with Gasteiger partial charge in [0, 0.05) is 30.2 Å². The van der Waals surface area contributed by atoms with Gasteiger partial charge in [0.25, 0.3) is 5.91 Å². The Labute approximate surface area is 131 Å². The number of rotatable bonds is 4. The van der Waals surface area contributed by atoms with Crippen LogP contribution in [0.1, 0.15) is 37.0 Å². The zero-order valence-corrected chi connectivity index (χ0v) is 13.6. The maximum atomic E-state index is 12.4. The van der Waals surface area contributed by atoms with Crippen molar-refractivity contribution in [2.45, 2.75) is 38.8 Å². The highest BCUT2D eigenvalue weighted by Gasteiger charge is 2.23. The lowest BCUT2D eigenvalue weighted by molar-refractivity contribution is 0.0897. The standard InChI is InChI=1S/C16H23ClN2O2/c1-11(2)19-8-6-13(7-9-19)18-16(20)14-5-4-12(17)10-15(14)21-3/h4-5,10-11,13H,6-9H2,1-3H3,(H,18,20). The van der Waals surface area contributed by atoms with Gasteiger partial charge in [0.15, 0.2) is 0 Å². The van der Waals surface area contributed by atoms with E-state index in [2.05, 4.69) is 24.1 Å². The van der Waals surface area contributed by atoms with E-state index in [1.807, 2.05) is 0 Å². The van der Waals surface area contributed by atoms with Gasteiger partial charge in [-0.3, -0.25) is 4.79 Å². The van der Waals surface area contributed by atoms with E-state index in [0.717, 1.165) is 25.9 Å². The molecule has 0 aromatic heterocycles. The summed E-state index contributed by atoms with van der Waals surface area (Å²) < 4.78 is 5.23. The van der Waals surface area contributed by atoms with Crippen LogP contribution in [0.2, 0.25) is 5.02 Å². The van der Waals surface area contributed by atoms with Crippen LogP contribution in [-0.4, -0.2) is 43.1 Å². The molecular weight excluding hydrogens is 288 g/mol. The topological polar surface area (TPSA) is 41.6 Å². The van der Waals surface area contributed by atoms with Gasteiger partial charge in [-0.15, -0.1) is 0 Å². The fourth-order valence-corrected chi connectivity index (χ4v) is 2.84. The highest BCUT2D eigenvalue weighted by molar-refractivity contribution is 6.30. The van der Waals surface area contributed by atoms with Crippen LogP contribution in [-0.2, 0) is 0 Å². The Bertz CT molecular complexity index is 497. The Morgan fingerprint density at radius 2 is 2.05 bits per heavy atom. The highest BCUT2D eigenvalue weighted by Crippen LogP contribution is 2.23. The predicted molar refractivity (Wildman–Crippen MR) is 85.2 cm³/mol. The number of nitrogens with zero attached hydrogens (tertiary/aromatic N) is 1. The Kier molecular flexibility index (Phi) is 5.48. The van der Waals surface area contributed by atoms with E-state index in [4.69, 9.17) is 16.3 Å². The van der Waals surface area contributed by atoms with Crippen molar-refractivity contribution in [1.82, 2.24) is 10.2 Å². The number of methoxy groups -OCH3 is 1. The molecule has 1 aliphatic heterocycles. The normalized spacial score (nSPS) is 17.0. The molecule has 5 heteroatoms. The second-order valence-electron chi connectivity index (χ2n) is 5.72. The van der Waals surface area contributed by atoms with Gasteiger partial charge in [-0.05, 0) is 44.9 Å². The van der Waals surface area contributed by atoms with Crippen LogP contribution >= 0.6 is 11.6 Å². The first-order valence-corrected chi connectivity index (χ1v) is 7.77. The van der Waals surface area contributed by atoms with Crippen molar-refractivity contribution < 1.29 is 9.53 Å². The summed E-state index contributed by atoms with van der Waals surface area (Å²) >= 11 is 5.92. The molecule has 4 nitrogen and oxygen atoms in total. The largest absolute Gasteiger partial charge is 0.496 e. The molecule has 0 atom stereocenters. The lowest BCUT2D eigenvalue weighted by atomic mass is 10.0. The maximum absolute atomic E-state index is 12.4. The second kappa shape index (κ2) is 7.14. The molecule has 1 N–H and O–H groups in total. The molecule has 1 amide bonds. The van der Waals surface area contributed by atoms with Gasteiger partial charge in [-0.25, -0.2) is 0 Å². The molecule has 0 radical (unpaired) electrons. The number of halogens is 1. The molecule has 116 valence electrons. The average molecular weight is 311 g/mol. The van der Waals surface area contributed by atoms with Crippen LogP contribution in [0.4, 0.5) is 0 Å². The zero-order valence-electron chi connectivity index (χ0n) is 12.9. The third-order valence-corrected chi connectivity index (χ3v) is 4.24. The van der Waals surface area contributed by atoms with Crippen LogP contribution in [0.5, 0.6) is 5.75 Å². The van der Waals surface area contributed by atoms with Gasteiger partial charge in [0.05, 0.1) is 12.7 Å². The molecule has 0 saturated carbocycles. The molecule has 1 aromatic rings. The Morgan fingerprint density at radius 3 is 2.62 bits per heavy atom. The number of nitrogens with one attached hydrogen (secondary N) is 1. The number of benzene rings is 1. The zero-order chi connectivity index (χ0) is 15.4. The minimum atomic E-state index is -0.0912. The molecule has 1 aliphatic rings. The molecule has 1 heterocycles. The summed E-state index contributed by atoms with van der Waals surface area (Å²) in [5.74, 6) is 0.422. The first-order chi connectivity index (χ1) is 10.0. The summed E-state index contributed by atoms with van der Waals surface area (Å²) in [6, 6.07) is 5.88. The molecule has 21 heavy (non-hydrogen) atoms. The number of hydrogen-bond acceptors (Lipinski definition) is 3. The van der Waals surface area contributed by atoms with Crippen LogP contribution < -0.4 is 10.1 Å². The van der Waals surface area contributed by atoms with E-state index in [1.165, 1.54) is 0 Å². The Balaban J connectivity index is 1.96. The van der Waals surface area contributed by atoms with Crippen LogP contribution in [0.15, 0.2) is 18.2 Å². The number of amides is 1. The maximum Gasteiger partial charge on any atom is 0.255 e. The van der Waals surface area contributed by atoms with Crippen molar-refractivity contribution in [3.05, 3.63) is 28.8 Å². The summed E-state index contributed by atoms with van der Waals surface area (Å²) in [5.41, 5.74) is 0.535. The number of likely N-dealkylation sites (tertiary alicyclic amines) is 1. The molecular formula is C16H23ClN2O2. The van der Waals surface area contributed by atoms with E-state index >= 15 is 0 Å². The van der Waals surface area contributed by atoms with Gasteiger partial charge < -0.3 is 15.0 Å². The van der Waals surface area contributed by atoms with Crippen molar-refractivity contribution >= 4 is 17.5 Å². The van der Waals surface area contributed by atoms with Crippen molar-refractivity contribution in [3.63, 3.8) is 0 Å². The number of hydrogen-bond donors (Lipinski definition) is 1. The van der Waals surface area contributed by atoms with E-state index in [-0.39, 0.29) is 11.9 Å². The van der Waals surface area contributed by atoms with Crippen molar-refractivity contribution in [1.29, 1.82) is 0 Å². The number of piperidine rings is 1. The van der Waals surface area contributed by atoms with Crippen molar-refractivity contribution in [3.8, 4) is 5.75 Å². The smallest absolute Gasteiger partial charge is 0.255 e. The lowest BCUT2D eigenvalue weighted by Crippen LogP contribution is -2.46. The minimum absolute atomic E-state index is 0.0912. The van der Waals surface area contributed by atoms with E-state index in [0.29, 0.717) is 22.4 Å². The molecule has 2 rings (SSSR count). The molecule has 0 spiro atoms. The summed E-state index contributed by atoms with van der Waals surface area (Å²) in [4.78, 5) is 14.8. The van der Waals surface area contributed by atoms with Gasteiger partial charge in [0.2, 0.25) is 0 Å². The number of carbonyl (C=O) groups is 1. The third-order valence-electron chi connectivity index (χ3n) is 4.00. The summed E-state index contributed by atoms with van der Waals surface area (Å²) in [6.07, 6.45) is 1.97. The van der Waals surface area contributed by atoms with E-state index in [9.17, 15) is 4.79 Å². The summed E-state index contributed by atoms with van der Waals surface area (Å²) in [5, 5.41) is 3.66. The van der Waals surface area contributed by atoms with E-state index < -0.39 is 0 Å². The summed E-state index contributed by atoms with van der Waals surface area (Å²) in [7, 11) is 1.55. The predicted octanol–water partition coefficient (Wildman–Crippen LogP) is 2.95. The number of carbonyl (C=O) groups excluding carboxylic acids is 1. The Hall–Kier alpha value is -1.26. The number of ether oxygens (including phenoxy) is 1. The molecule has 0 unspecified atom stereocenters. The van der Waals surface area contributed by atoms with Gasteiger partial charge in [0.1, 0.15) is 5.75 Å². The fraction of sp³-hybridized carbons (Fsp3) is 0.562. The first kappa shape index (κ1) is 16.1. The van der Waals surface area contributed by atoms with Crippen molar-refractivity contribution in [2.24, 2.45) is 0 Å². The third kappa shape index (κ3) is 4.11. The van der Waals surface area contributed by atoms with Crippen LogP contribution in [0.25, 0.3) is 0 Å². The SMILES string of the molecule is COc1cc(Cl)ccc1C(=O)NC1CCN(C(C)C)CC1. The molecule has 0 bridgehead atoms. The summed E-state index contributed by atoms with van der Waals surface area (Å²) in [6.45, 7) is 6.47. The first-order valence-electron chi connectivity index (χ1n) is 7.39. The fourth-order valence-electron chi connectivity index (χ4n) is 2.68. The Morgan fingerprint density at radius 1 is 1.38 bits per heavy atom. The van der Waals surface area contributed by atoms with Gasteiger partial charge in [-0.2, -0.15) is 0 Å². The monoisotopic (exact) mass is 310 g/mol. The van der Waals surface area contributed by atoms with Gasteiger partial charge in [-0.1, -0.05) is 11.6 Å². The molecule has 1 aromatic carbocycles. The van der Waals surface area contributed by atoms with Crippen LogP contribution in [0.3, 0.4) is 0 Å². The van der Waals surface area contributed by atoms with Crippen molar-refractivity contribution in [2.75, 3.05) is 20.2 Å². The lowest BCUT2D eigenvalue weighted by Gasteiger charge is -2.34. The molecule has 1 fully saturated rings. The minimum Gasteiger partial charge on any atom is -0.496 e.